The van der Waals surface area contributed by atoms with E-state index in [-0.39, 0.29) is 5.82 Å². The van der Waals surface area contributed by atoms with E-state index in [1.54, 1.807) is 0 Å². The standard InChI is InChI=1S/C10H15FN2/c11-10-6-8(1-3-12)5-9(7-10)2-4-13/h5-7H,1-4,12-13H2. The minimum absolute atomic E-state index is 0.200. The first kappa shape index (κ1) is 10.2. The van der Waals surface area contributed by atoms with Gasteiger partial charge >= 0.3 is 0 Å². The summed E-state index contributed by atoms with van der Waals surface area (Å²) in [5.74, 6) is -0.200. The summed E-state index contributed by atoms with van der Waals surface area (Å²) in [5.41, 5.74) is 12.7. The molecule has 0 aromatic heterocycles. The monoisotopic (exact) mass is 182 g/mol. The van der Waals surface area contributed by atoms with E-state index in [1.807, 2.05) is 6.07 Å². The lowest BCUT2D eigenvalue weighted by atomic mass is 10.1. The third-order valence-electron chi connectivity index (χ3n) is 1.88. The first-order chi connectivity index (χ1) is 6.26. The van der Waals surface area contributed by atoms with Crippen molar-refractivity contribution >= 4 is 0 Å². The largest absolute Gasteiger partial charge is 0.330 e. The van der Waals surface area contributed by atoms with Crippen molar-refractivity contribution in [2.75, 3.05) is 13.1 Å². The summed E-state index contributed by atoms with van der Waals surface area (Å²) in [5, 5.41) is 0. The van der Waals surface area contributed by atoms with Crippen LogP contribution in [0.5, 0.6) is 0 Å². The van der Waals surface area contributed by atoms with Crippen molar-refractivity contribution in [3.05, 3.63) is 35.1 Å². The highest BCUT2D eigenvalue weighted by molar-refractivity contribution is 5.25. The molecule has 1 rings (SSSR count). The van der Waals surface area contributed by atoms with Crippen LogP contribution in [0, 0.1) is 5.82 Å². The molecule has 0 aliphatic rings. The number of nitrogens with two attached hydrogens (primary N) is 2. The summed E-state index contributed by atoms with van der Waals surface area (Å²) in [7, 11) is 0. The van der Waals surface area contributed by atoms with E-state index < -0.39 is 0 Å². The first-order valence-corrected chi connectivity index (χ1v) is 4.44. The van der Waals surface area contributed by atoms with Crippen LogP contribution in [-0.2, 0) is 12.8 Å². The predicted octanol–water partition coefficient (Wildman–Crippen LogP) is 0.828. The molecule has 0 fully saturated rings. The average Bonchev–Trinajstić information content (AvgIpc) is 2.04. The van der Waals surface area contributed by atoms with Gasteiger partial charge in [0.15, 0.2) is 0 Å². The van der Waals surface area contributed by atoms with Gasteiger partial charge in [0.05, 0.1) is 0 Å². The molecule has 0 aliphatic carbocycles. The van der Waals surface area contributed by atoms with Crippen molar-refractivity contribution in [1.82, 2.24) is 0 Å². The lowest BCUT2D eigenvalue weighted by molar-refractivity contribution is 0.622. The fraction of sp³-hybridized carbons (Fsp3) is 0.400. The zero-order valence-corrected chi connectivity index (χ0v) is 7.59. The molecular formula is C10H15FN2. The van der Waals surface area contributed by atoms with Gasteiger partial charge in [-0.1, -0.05) is 6.07 Å². The zero-order chi connectivity index (χ0) is 9.68. The number of hydrogen-bond acceptors (Lipinski definition) is 2. The van der Waals surface area contributed by atoms with Crippen molar-refractivity contribution in [3.8, 4) is 0 Å². The summed E-state index contributed by atoms with van der Waals surface area (Å²) >= 11 is 0. The molecule has 4 N–H and O–H groups in total. The van der Waals surface area contributed by atoms with Crippen LogP contribution in [0.25, 0.3) is 0 Å². The van der Waals surface area contributed by atoms with E-state index in [4.69, 9.17) is 11.5 Å². The summed E-state index contributed by atoms with van der Waals surface area (Å²) in [6, 6.07) is 5.00. The molecule has 0 heterocycles. The number of benzene rings is 1. The Hall–Kier alpha value is -0.930. The molecule has 0 bridgehead atoms. The molecule has 2 nitrogen and oxygen atoms in total. The minimum atomic E-state index is -0.200. The summed E-state index contributed by atoms with van der Waals surface area (Å²) < 4.78 is 13.0. The van der Waals surface area contributed by atoms with Gasteiger partial charge in [0.25, 0.3) is 0 Å². The molecule has 0 saturated carbocycles. The highest BCUT2D eigenvalue weighted by Gasteiger charge is 1.99. The van der Waals surface area contributed by atoms with Crippen LogP contribution in [0.15, 0.2) is 18.2 Å². The fourth-order valence-electron chi connectivity index (χ4n) is 1.34. The molecule has 0 atom stereocenters. The van der Waals surface area contributed by atoms with Crippen molar-refractivity contribution in [1.29, 1.82) is 0 Å². The predicted molar refractivity (Wildman–Crippen MR) is 51.9 cm³/mol. The maximum atomic E-state index is 13.0. The van der Waals surface area contributed by atoms with Gasteiger partial charge in [0.1, 0.15) is 5.82 Å². The molecule has 0 radical (unpaired) electrons. The Morgan fingerprint density at radius 3 is 1.77 bits per heavy atom. The molecule has 0 unspecified atom stereocenters. The first-order valence-electron chi connectivity index (χ1n) is 4.44. The second-order valence-electron chi connectivity index (χ2n) is 3.05. The van der Waals surface area contributed by atoms with E-state index in [9.17, 15) is 4.39 Å². The van der Waals surface area contributed by atoms with Crippen LogP contribution in [0.1, 0.15) is 11.1 Å². The van der Waals surface area contributed by atoms with Gasteiger partial charge in [-0.3, -0.25) is 0 Å². The molecule has 0 aliphatic heterocycles. The highest BCUT2D eigenvalue weighted by Crippen LogP contribution is 2.09. The number of rotatable bonds is 4. The maximum absolute atomic E-state index is 13.0. The van der Waals surface area contributed by atoms with Crippen LogP contribution in [-0.4, -0.2) is 13.1 Å². The normalized spacial score (nSPS) is 10.4. The third kappa shape index (κ3) is 3.13. The zero-order valence-electron chi connectivity index (χ0n) is 7.59. The van der Waals surface area contributed by atoms with Gasteiger partial charge in [0.2, 0.25) is 0 Å². The van der Waals surface area contributed by atoms with E-state index in [1.165, 1.54) is 12.1 Å². The summed E-state index contributed by atoms with van der Waals surface area (Å²) in [6.07, 6.45) is 1.44. The van der Waals surface area contributed by atoms with Crippen LogP contribution < -0.4 is 11.5 Å². The molecule has 0 saturated heterocycles. The van der Waals surface area contributed by atoms with E-state index in [0.717, 1.165) is 24.0 Å². The number of hydrogen-bond donors (Lipinski definition) is 2. The lowest BCUT2D eigenvalue weighted by Gasteiger charge is -2.03. The van der Waals surface area contributed by atoms with Gasteiger partial charge < -0.3 is 11.5 Å². The Labute approximate surface area is 77.7 Å². The Balaban J connectivity index is 2.83. The van der Waals surface area contributed by atoms with Crippen molar-refractivity contribution in [2.45, 2.75) is 12.8 Å². The Morgan fingerprint density at radius 1 is 0.923 bits per heavy atom. The van der Waals surface area contributed by atoms with E-state index in [0.29, 0.717) is 13.1 Å². The topological polar surface area (TPSA) is 52.0 Å². The van der Waals surface area contributed by atoms with Crippen LogP contribution in [0.3, 0.4) is 0 Å². The van der Waals surface area contributed by atoms with E-state index in [2.05, 4.69) is 0 Å². The Morgan fingerprint density at radius 2 is 1.38 bits per heavy atom. The van der Waals surface area contributed by atoms with Crippen molar-refractivity contribution < 1.29 is 4.39 Å². The third-order valence-corrected chi connectivity index (χ3v) is 1.88. The van der Waals surface area contributed by atoms with Gasteiger partial charge in [-0.05, 0) is 49.2 Å². The quantitative estimate of drug-likeness (QED) is 0.724. The molecular weight excluding hydrogens is 167 g/mol. The minimum Gasteiger partial charge on any atom is -0.330 e. The van der Waals surface area contributed by atoms with E-state index >= 15 is 0 Å². The highest BCUT2D eigenvalue weighted by atomic mass is 19.1. The Kier molecular flexibility index (Phi) is 3.86. The molecule has 1 aromatic rings. The van der Waals surface area contributed by atoms with Gasteiger partial charge in [-0.25, -0.2) is 4.39 Å². The molecule has 72 valence electrons. The number of halogens is 1. The Bertz CT molecular complexity index is 249. The molecule has 1 aromatic carbocycles. The van der Waals surface area contributed by atoms with Crippen LogP contribution in [0.4, 0.5) is 4.39 Å². The molecule has 13 heavy (non-hydrogen) atoms. The smallest absolute Gasteiger partial charge is 0.123 e. The van der Waals surface area contributed by atoms with Gasteiger partial charge in [-0.15, -0.1) is 0 Å². The van der Waals surface area contributed by atoms with Gasteiger partial charge in [0, 0.05) is 0 Å². The molecule has 3 heteroatoms. The van der Waals surface area contributed by atoms with Gasteiger partial charge in [-0.2, -0.15) is 0 Å². The second kappa shape index (κ2) is 4.94. The molecule has 0 amide bonds. The summed E-state index contributed by atoms with van der Waals surface area (Å²) in [6.45, 7) is 1.09. The fourth-order valence-corrected chi connectivity index (χ4v) is 1.34. The summed E-state index contributed by atoms with van der Waals surface area (Å²) in [4.78, 5) is 0. The van der Waals surface area contributed by atoms with Crippen molar-refractivity contribution in [2.24, 2.45) is 11.5 Å². The van der Waals surface area contributed by atoms with Crippen molar-refractivity contribution in [3.63, 3.8) is 0 Å². The second-order valence-corrected chi connectivity index (χ2v) is 3.05. The SMILES string of the molecule is NCCc1cc(F)cc(CCN)c1. The van der Waals surface area contributed by atoms with Crippen LogP contribution in [0.2, 0.25) is 0 Å². The average molecular weight is 182 g/mol. The maximum Gasteiger partial charge on any atom is 0.123 e. The van der Waals surface area contributed by atoms with Crippen LogP contribution >= 0.6 is 0 Å². The lowest BCUT2D eigenvalue weighted by Crippen LogP contribution is -2.06. The molecule has 0 spiro atoms.